The number of morpholine rings is 1. The van der Waals surface area contributed by atoms with Crippen LogP contribution < -0.4 is 4.90 Å². The van der Waals surface area contributed by atoms with E-state index < -0.39 is 0 Å². The molecule has 0 aromatic carbocycles. The van der Waals surface area contributed by atoms with Crippen LogP contribution in [0.3, 0.4) is 0 Å². The van der Waals surface area contributed by atoms with E-state index in [-0.39, 0.29) is 0 Å². The van der Waals surface area contributed by atoms with Crippen molar-refractivity contribution in [3.63, 3.8) is 0 Å². The molecule has 4 rings (SSSR count). The Bertz CT molecular complexity index is 714. The van der Waals surface area contributed by atoms with Crippen LogP contribution in [0.1, 0.15) is 37.8 Å². The van der Waals surface area contributed by atoms with Crippen LogP contribution in [0, 0.1) is 0 Å². The van der Waals surface area contributed by atoms with E-state index in [0.717, 1.165) is 37.6 Å². The molecule has 25 heavy (non-hydrogen) atoms. The minimum atomic E-state index is 0.562. The first kappa shape index (κ1) is 16.8. The number of hydrogen-bond acceptors (Lipinski definition) is 5. The number of imidazole rings is 1. The number of ether oxygens (including phenoxy) is 1. The minimum Gasteiger partial charge on any atom is -0.378 e. The highest BCUT2D eigenvalue weighted by Gasteiger charge is 2.25. The van der Waals surface area contributed by atoms with Crippen molar-refractivity contribution < 1.29 is 4.74 Å². The maximum absolute atomic E-state index is 5.52. The fraction of sp³-hybridized carbons (Fsp3) is 0.684. The summed E-state index contributed by atoms with van der Waals surface area (Å²) in [5, 5.41) is 0. The summed E-state index contributed by atoms with van der Waals surface area (Å²) in [5.74, 6) is 1.61. The molecule has 2 fully saturated rings. The molecule has 2 aliphatic rings. The van der Waals surface area contributed by atoms with Gasteiger partial charge in [0.15, 0.2) is 5.82 Å². The van der Waals surface area contributed by atoms with Crippen molar-refractivity contribution >= 4 is 16.9 Å². The van der Waals surface area contributed by atoms with Gasteiger partial charge in [-0.3, -0.25) is 0 Å². The van der Waals surface area contributed by atoms with Crippen LogP contribution in [-0.2, 0) is 11.8 Å². The summed E-state index contributed by atoms with van der Waals surface area (Å²) in [6, 6.07) is 2.27. The van der Waals surface area contributed by atoms with Gasteiger partial charge in [0.05, 0.1) is 25.1 Å². The van der Waals surface area contributed by atoms with Crippen molar-refractivity contribution in [2.24, 2.45) is 7.05 Å². The second kappa shape index (κ2) is 7.30. The minimum absolute atomic E-state index is 0.562. The summed E-state index contributed by atoms with van der Waals surface area (Å²) >= 11 is 0. The van der Waals surface area contributed by atoms with Gasteiger partial charge in [-0.05, 0) is 45.0 Å². The quantitative estimate of drug-likeness (QED) is 0.853. The second-order valence-electron chi connectivity index (χ2n) is 7.31. The molecule has 2 aromatic heterocycles. The van der Waals surface area contributed by atoms with Gasteiger partial charge in [-0.25, -0.2) is 9.97 Å². The second-order valence-corrected chi connectivity index (χ2v) is 7.31. The van der Waals surface area contributed by atoms with Gasteiger partial charge in [-0.1, -0.05) is 6.92 Å². The lowest BCUT2D eigenvalue weighted by atomic mass is 9.92. The highest BCUT2D eigenvalue weighted by molar-refractivity contribution is 5.87. The lowest BCUT2D eigenvalue weighted by Gasteiger charge is -2.32. The molecule has 0 radical (unpaired) electrons. The third kappa shape index (κ3) is 3.37. The van der Waals surface area contributed by atoms with Crippen LogP contribution in [0.4, 0.5) is 5.82 Å². The standard InChI is InChI=1S/C19H29N5O/c1-3-6-23-7-4-15(5-8-23)16-13-17-18(20-14-22(17)2)19(21-16)24-9-11-25-12-10-24/h13-15H,3-12H2,1-2H3. The number of aromatic nitrogens is 3. The molecule has 136 valence electrons. The third-order valence-electron chi connectivity index (χ3n) is 5.57. The molecule has 6 heteroatoms. The van der Waals surface area contributed by atoms with E-state index in [2.05, 4.69) is 39.4 Å². The van der Waals surface area contributed by atoms with E-state index in [0.29, 0.717) is 5.92 Å². The van der Waals surface area contributed by atoms with Crippen molar-refractivity contribution in [2.75, 3.05) is 50.8 Å². The molecule has 0 bridgehead atoms. The van der Waals surface area contributed by atoms with Gasteiger partial charge >= 0.3 is 0 Å². The monoisotopic (exact) mass is 343 g/mol. The Morgan fingerprint density at radius 1 is 1.16 bits per heavy atom. The Kier molecular flexibility index (Phi) is 4.90. The summed E-state index contributed by atoms with van der Waals surface area (Å²) < 4.78 is 7.64. The lowest BCUT2D eigenvalue weighted by Crippen LogP contribution is -2.37. The predicted molar refractivity (Wildman–Crippen MR) is 100 cm³/mol. The number of aryl methyl sites for hydroxylation is 1. The van der Waals surface area contributed by atoms with E-state index in [1.165, 1.54) is 50.1 Å². The smallest absolute Gasteiger partial charge is 0.157 e. The molecule has 2 saturated heterocycles. The average Bonchev–Trinajstić information content (AvgIpc) is 3.04. The van der Waals surface area contributed by atoms with Gasteiger partial charge in [0, 0.05) is 31.7 Å². The number of rotatable bonds is 4. The summed E-state index contributed by atoms with van der Waals surface area (Å²) in [6.07, 6.45) is 5.56. The number of nitrogens with zero attached hydrogens (tertiary/aromatic N) is 5. The lowest BCUT2D eigenvalue weighted by molar-refractivity contribution is 0.122. The van der Waals surface area contributed by atoms with Crippen LogP contribution in [0.2, 0.25) is 0 Å². The Balaban J connectivity index is 1.64. The molecule has 0 amide bonds. The molecular weight excluding hydrogens is 314 g/mol. The van der Waals surface area contributed by atoms with Gasteiger partial charge in [0.2, 0.25) is 0 Å². The molecule has 2 aliphatic heterocycles. The number of likely N-dealkylation sites (tertiary alicyclic amines) is 1. The van der Waals surface area contributed by atoms with E-state index >= 15 is 0 Å². The predicted octanol–water partition coefficient (Wildman–Crippen LogP) is 2.39. The van der Waals surface area contributed by atoms with E-state index in [1.54, 1.807) is 0 Å². The zero-order valence-electron chi connectivity index (χ0n) is 15.4. The largest absolute Gasteiger partial charge is 0.378 e. The molecule has 0 unspecified atom stereocenters. The fourth-order valence-corrected chi connectivity index (χ4v) is 4.10. The maximum Gasteiger partial charge on any atom is 0.157 e. The van der Waals surface area contributed by atoms with Gasteiger partial charge in [-0.2, -0.15) is 0 Å². The van der Waals surface area contributed by atoms with Crippen LogP contribution in [0.15, 0.2) is 12.4 Å². The Labute approximate surface area is 149 Å². The third-order valence-corrected chi connectivity index (χ3v) is 5.57. The van der Waals surface area contributed by atoms with Gasteiger partial charge in [0.1, 0.15) is 5.52 Å². The summed E-state index contributed by atoms with van der Waals surface area (Å²) in [5.41, 5.74) is 3.47. The van der Waals surface area contributed by atoms with Crippen molar-refractivity contribution in [1.29, 1.82) is 0 Å². The van der Waals surface area contributed by atoms with E-state index in [4.69, 9.17) is 9.72 Å². The SMILES string of the molecule is CCCN1CCC(c2cc3c(ncn3C)c(N3CCOCC3)n2)CC1. The van der Waals surface area contributed by atoms with Crippen LogP contribution in [0.25, 0.3) is 11.0 Å². The topological polar surface area (TPSA) is 46.4 Å². The Hall–Kier alpha value is -1.66. The van der Waals surface area contributed by atoms with Crippen LogP contribution in [-0.4, -0.2) is 65.4 Å². The Morgan fingerprint density at radius 3 is 2.64 bits per heavy atom. The first-order valence-electron chi connectivity index (χ1n) is 9.63. The number of fused-ring (bicyclic) bond motifs is 1. The molecular formula is C19H29N5O. The zero-order chi connectivity index (χ0) is 17.2. The highest BCUT2D eigenvalue weighted by atomic mass is 16.5. The molecule has 4 heterocycles. The van der Waals surface area contributed by atoms with Crippen molar-refractivity contribution in [3.05, 3.63) is 18.1 Å². The summed E-state index contributed by atoms with van der Waals surface area (Å²) in [6.45, 7) is 9.21. The maximum atomic E-state index is 5.52. The van der Waals surface area contributed by atoms with Gasteiger partial charge in [-0.15, -0.1) is 0 Å². The van der Waals surface area contributed by atoms with Crippen molar-refractivity contribution in [2.45, 2.75) is 32.1 Å². The first-order chi connectivity index (χ1) is 12.3. The van der Waals surface area contributed by atoms with Crippen LogP contribution in [0.5, 0.6) is 0 Å². The number of anilines is 1. The zero-order valence-corrected chi connectivity index (χ0v) is 15.4. The molecule has 0 spiro atoms. The van der Waals surface area contributed by atoms with E-state index in [1.807, 2.05) is 6.33 Å². The first-order valence-corrected chi connectivity index (χ1v) is 9.63. The highest BCUT2D eigenvalue weighted by Crippen LogP contribution is 2.32. The molecule has 0 N–H and O–H groups in total. The summed E-state index contributed by atoms with van der Waals surface area (Å²) in [4.78, 5) is 14.7. The number of hydrogen-bond donors (Lipinski definition) is 0. The summed E-state index contributed by atoms with van der Waals surface area (Å²) in [7, 11) is 2.08. The number of piperidine rings is 1. The normalized spacial score (nSPS) is 20.5. The molecule has 6 nitrogen and oxygen atoms in total. The molecule has 0 aliphatic carbocycles. The number of pyridine rings is 1. The van der Waals surface area contributed by atoms with Crippen molar-refractivity contribution in [1.82, 2.24) is 19.4 Å². The average molecular weight is 343 g/mol. The van der Waals surface area contributed by atoms with Crippen molar-refractivity contribution in [3.8, 4) is 0 Å². The molecule has 0 saturated carbocycles. The molecule has 0 atom stereocenters. The fourth-order valence-electron chi connectivity index (χ4n) is 4.10. The van der Waals surface area contributed by atoms with Gasteiger partial charge in [0.25, 0.3) is 0 Å². The van der Waals surface area contributed by atoms with Crippen LogP contribution >= 0.6 is 0 Å². The Morgan fingerprint density at radius 2 is 1.92 bits per heavy atom. The molecule has 2 aromatic rings. The van der Waals surface area contributed by atoms with Gasteiger partial charge < -0.3 is 19.1 Å². The van der Waals surface area contributed by atoms with E-state index in [9.17, 15) is 0 Å².